The summed E-state index contributed by atoms with van der Waals surface area (Å²) < 4.78 is 12.0. The minimum atomic E-state index is 0.256. The van der Waals surface area contributed by atoms with Crippen LogP contribution < -0.4 is 16.2 Å². The van der Waals surface area contributed by atoms with E-state index in [2.05, 4.69) is 41.8 Å². The van der Waals surface area contributed by atoms with Crippen LogP contribution in [0.4, 0.5) is 0 Å². The van der Waals surface area contributed by atoms with Gasteiger partial charge < -0.3 is 14.8 Å². The standard InChI is InChI=1S/C16H31N3O2S3/c1-4-21-13-6-5-11(7-14(13)20-3)15-17-12(8-22-15)9-23-16-19-18-10(2)24-16/h10-19H,4-9H2,1-3H3. The van der Waals surface area contributed by atoms with Gasteiger partial charge in [-0.3, -0.25) is 0 Å². The fourth-order valence-corrected chi connectivity index (χ4v) is 7.78. The van der Waals surface area contributed by atoms with Gasteiger partial charge in [-0.1, -0.05) is 0 Å². The first-order valence-electron chi connectivity index (χ1n) is 8.99. The summed E-state index contributed by atoms with van der Waals surface area (Å²) in [6.45, 7) is 5.05. The second-order valence-corrected chi connectivity index (χ2v) is 10.8. The Balaban J connectivity index is 1.40. The van der Waals surface area contributed by atoms with Crippen molar-refractivity contribution < 1.29 is 9.47 Å². The summed E-state index contributed by atoms with van der Waals surface area (Å²) in [4.78, 5) is 0. The summed E-state index contributed by atoms with van der Waals surface area (Å²) in [5, 5.41) is 4.96. The molecule has 140 valence electrons. The van der Waals surface area contributed by atoms with E-state index < -0.39 is 0 Å². The number of hydrogen-bond donors (Lipinski definition) is 3. The molecule has 0 aromatic heterocycles. The lowest BCUT2D eigenvalue weighted by Crippen LogP contribution is -2.44. The Bertz CT molecular complexity index is 394. The molecule has 2 saturated heterocycles. The molecule has 8 heteroatoms. The first-order chi connectivity index (χ1) is 11.7. The molecule has 0 radical (unpaired) electrons. The van der Waals surface area contributed by atoms with Crippen molar-refractivity contribution in [3.63, 3.8) is 0 Å². The number of hydrazine groups is 1. The summed E-state index contributed by atoms with van der Waals surface area (Å²) in [7, 11) is 1.83. The van der Waals surface area contributed by atoms with E-state index >= 15 is 0 Å². The van der Waals surface area contributed by atoms with E-state index in [1.807, 2.05) is 30.6 Å². The summed E-state index contributed by atoms with van der Waals surface area (Å²) in [6, 6.07) is 0.619. The van der Waals surface area contributed by atoms with E-state index in [0.717, 1.165) is 19.4 Å². The maximum atomic E-state index is 5.85. The fraction of sp³-hybridized carbons (Fsp3) is 1.00. The smallest absolute Gasteiger partial charge is 0.114 e. The molecule has 24 heavy (non-hydrogen) atoms. The molecule has 0 amide bonds. The predicted molar refractivity (Wildman–Crippen MR) is 106 cm³/mol. The lowest BCUT2D eigenvalue weighted by atomic mass is 9.84. The molecule has 0 bridgehead atoms. The third-order valence-corrected chi connectivity index (χ3v) is 9.06. The molecule has 7 unspecified atom stereocenters. The highest BCUT2D eigenvalue weighted by atomic mass is 32.2. The third-order valence-electron chi connectivity index (χ3n) is 4.94. The Hall–Kier alpha value is 0.850. The van der Waals surface area contributed by atoms with Crippen molar-refractivity contribution in [1.29, 1.82) is 0 Å². The Kier molecular flexibility index (Phi) is 7.92. The van der Waals surface area contributed by atoms with Crippen LogP contribution in [0.2, 0.25) is 0 Å². The Morgan fingerprint density at radius 1 is 1.21 bits per heavy atom. The quantitative estimate of drug-likeness (QED) is 0.610. The topological polar surface area (TPSA) is 54.5 Å². The fourth-order valence-electron chi connectivity index (χ4n) is 3.70. The summed E-state index contributed by atoms with van der Waals surface area (Å²) in [5.74, 6) is 3.10. The predicted octanol–water partition coefficient (Wildman–Crippen LogP) is 2.44. The van der Waals surface area contributed by atoms with Crippen molar-refractivity contribution in [3.8, 4) is 0 Å². The van der Waals surface area contributed by atoms with Crippen LogP contribution >= 0.6 is 35.3 Å². The summed E-state index contributed by atoms with van der Waals surface area (Å²) >= 11 is 6.08. The first-order valence-corrected chi connectivity index (χ1v) is 12.0. The van der Waals surface area contributed by atoms with Crippen LogP contribution in [0.25, 0.3) is 0 Å². The second kappa shape index (κ2) is 9.69. The van der Waals surface area contributed by atoms with Gasteiger partial charge in [-0.2, -0.15) is 0 Å². The number of ether oxygens (including phenoxy) is 2. The Morgan fingerprint density at radius 2 is 2.08 bits per heavy atom. The molecule has 3 aliphatic rings. The van der Waals surface area contributed by atoms with Crippen LogP contribution in [0.3, 0.4) is 0 Å². The molecule has 3 N–H and O–H groups in total. The minimum Gasteiger partial charge on any atom is -0.379 e. The highest BCUT2D eigenvalue weighted by molar-refractivity contribution is 8.17. The second-order valence-electron chi connectivity index (χ2n) is 6.69. The van der Waals surface area contributed by atoms with Gasteiger partial charge in [0.15, 0.2) is 0 Å². The van der Waals surface area contributed by atoms with Crippen LogP contribution in [-0.2, 0) is 9.47 Å². The van der Waals surface area contributed by atoms with Gasteiger partial charge in [0.2, 0.25) is 0 Å². The number of nitrogens with one attached hydrogen (secondary N) is 3. The molecular weight excluding hydrogens is 362 g/mol. The average molecular weight is 394 g/mol. The van der Waals surface area contributed by atoms with Crippen molar-refractivity contribution in [2.75, 3.05) is 25.2 Å². The molecule has 5 nitrogen and oxygen atoms in total. The van der Waals surface area contributed by atoms with Crippen LogP contribution in [-0.4, -0.2) is 58.9 Å². The molecule has 3 rings (SSSR count). The molecule has 3 fully saturated rings. The van der Waals surface area contributed by atoms with Gasteiger partial charge in [-0.05, 0) is 39.0 Å². The number of thioether (sulfide) groups is 3. The monoisotopic (exact) mass is 393 g/mol. The zero-order valence-electron chi connectivity index (χ0n) is 14.8. The molecule has 2 heterocycles. The van der Waals surface area contributed by atoms with Gasteiger partial charge >= 0.3 is 0 Å². The third kappa shape index (κ3) is 5.19. The lowest BCUT2D eigenvalue weighted by molar-refractivity contribution is -0.0848. The van der Waals surface area contributed by atoms with Gasteiger partial charge in [0.25, 0.3) is 0 Å². The van der Waals surface area contributed by atoms with E-state index in [1.54, 1.807) is 0 Å². The number of rotatable bonds is 7. The zero-order chi connectivity index (χ0) is 16.9. The van der Waals surface area contributed by atoms with Crippen LogP contribution in [0.15, 0.2) is 0 Å². The lowest BCUT2D eigenvalue weighted by Gasteiger charge is -2.37. The molecule has 0 aromatic carbocycles. The maximum absolute atomic E-state index is 5.85. The zero-order valence-corrected chi connectivity index (χ0v) is 17.3. The number of hydrogen-bond acceptors (Lipinski definition) is 8. The molecular formula is C16H31N3O2S3. The van der Waals surface area contributed by atoms with Gasteiger partial charge in [0.1, 0.15) is 4.71 Å². The van der Waals surface area contributed by atoms with Crippen molar-refractivity contribution >= 4 is 35.3 Å². The molecule has 2 aliphatic heterocycles. The largest absolute Gasteiger partial charge is 0.379 e. The Labute approximate surface area is 158 Å². The SMILES string of the molecule is CCOC1CCC(C2NC(CSC3NNC(C)S3)CS2)CC1OC. The van der Waals surface area contributed by atoms with Gasteiger partial charge in [-0.25, -0.2) is 10.9 Å². The van der Waals surface area contributed by atoms with Crippen LogP contribution in [0, 0.1) is 5.92 Å². The maximum Gasteiger partial charge on any atom is 0.114 e. The molecule has 1 saturated carbocycles. The summed E-state index contributed by atoms with van der Waals surface area (Å²) in [5.41, 5.74) is 6.62. The van der Waals surface area contributed by atoms with E-state index in [1.165, 1.54) is 17.9 Å². The van der Waals surface area contributed by atoms with E-state index in [-0.39, 0.29) is 12.2 Å². The van der Waals surface area contributed by atoms with E-state index in [9.17, 15) is 0 Å². The summed E-state index contributed by atoms with van der Waals surface area (Å²) in [6.07, 6.45) is 4.03. The highest BCUT2D eigenvalue weighted by Gasteiger charge is 2.38. The minimum absolute atomic E-state index is 0.256. The normalized spacial score (nSPS) is 43.4. The van der Waals surface area contributed by atoms with Crippen molar-refractivity contribution in [2.45, 2.75) is 66.8 Å². The first kappa shape index (κ1) is 19.6. The van der Waals surface area contributed by atoms with Crippen molar-refractivity contribution in [2.24, 2.45) is 5.92 Å². The van der Waals surface area contributed by atoms with Crippen molar-refractivity contribution in [1.82, 2.24) is 16.2 Å². The molecule has 0 aromatic rings. The highest BCUT2D eigenvalue weighted by Crippen LogP contribution is 2.38. The van der Waals surface area contributed by atoms with Crippen LogP contribution in [0.5, 0.6) is 0 Å². The molecule has 1 aliphatic carbocycles. The van der Waals surface area contributed by atoms with Gasteiger partial charge in [-0.15, -0.1) is 35.3 Å². The molecule has 7 atom stereocenters. The average Bonchev–Trinajstić information content (AvgIpc) is 3.22. The van der Waals surface area contributed by atoms with Crippen molar-refractivity contribution in [3.05, 3.63) is 0 Å². The van der Waals surface area contributed by atoms with E-state index in [4.69, 9.17) is 9.47 Å². The van der Waals surface area contributed by atoms with E-state index in [0.29, 0.717) is 27.4 Å². The van der Waals surface area contributed by atoms with Gasteiger partial charge in [0, 0.05) is 31.3 Å². The van der Waals surface area contributed by atoms with Gasteiger partial charge in [0.05, 0.1) is 23.0 Å². The molecule has 0 spiro atoms. The Morgan fingerprint density at radius 3 is 2.79 bits per heavy atom. The number of methoxy groups -OCH3 is 1. The van der Waals surface area contributed by atoms with Crippen LogP contribution in [0.1, 0.15) is 33.1 Å².